The van der Waals surface area contributed by atoms with E-state index in [-0.39, 0.29) is 0 Å². The van der Waals surface area contributed by atoms with Crippen LogP contribution in [0.2, 0.25) is 0 Å². The molecule has 0 spiro atoms. The number of carbonyl (C=O) groups is 1. The van der Waals surface area contributed by atoms with Gasteiger partial charge in [0.05, 0.1) is 0 Å². The lowest BCUT2D eigenvalue weighted by atomic mass is 10.1. The molecule has 1 saturated heterocycles. The summed E-state index contributed by atoms with van der Waals surface area (Å²) in [5.74, 6) is -0.878. The molecular weight excluding hydrogens is 180 g/mol. The molecule has 1 aliphatic rings. The number of carboxylic acid groups (broad SMARTS) is 1. The molecule has 14 heavy (non-hydrogen) atoms. The normalized spacial score (nSPS) is 24.4. The van der Waals surface area contributed by atoms with Crippen LogP contribution in [0.4, 0.5) is 0 Å². The molecule has 4 nitrogen and oxygen atoms in total. The van der Waals surface area contributed by atoms with Crippen molar-refractivity contribution in [3.05, 3.63) is 12.3 Å². The minimum Gasteiger partial charge on any atom is -0.478 e. The Bertz CT molecular complexity index is 228. The van der Waals surface area contributed by atoms with E-state index in [9.17, 15) is 4.79 Å². The molecule has 1 N–H and O–H groups in total. The van der Waals surface area contributed by atoms with Crippen molar-refractivity contribution in [3.63, 3.8) is 0 Å². The van der Waals surface area contributed by atoms with Crippen LogP contribution in [0.1, 0.15) is 13.3 Å². The van der Waals surface area contributed by atoms with Crippen molar-refractivity contribution in [1.29, 1.82) is 0 Å². The van der Waals surface area contributed by atoms with Crippen LogP contribution in [0.3, 0.4) is 0 Å². The van der Waals surface area contributed by atoms with Crippen LogP contribution in [0.15, 0.2) is 12.3 Å². The van der Waals surface area contributed by atoms with Gasteiger partial charge in [-0.05, 0) is 13.5 Å². The predicted octanol–water partition coefficient (Wildman–Crippen LogP) is 0.611. The van der Waals surface area contributed by atoms with Crippen LogP contribution in [0.25, 0.3) is 0 Å². The molecule has 0 amide bonds. The summed E-state index contributed by atoms with van der Waals surface area (Å²) in [6.45, 7) is 5.00. The van der Waals surface area contributed by atoms with Gasteiger partial charge >= 0.3 is 5.97 Å². The van der Waals surface area contributed by atoms with E-state index in [1.165, 1.54) is 6.08 Å². The topological polar surface area (TPSA) is 43.8 Å². The van der Waals surface area contributed by atoms with Gasteiger partial charge in [-0.1, -0.05) is 6.92 Å². The SMILES string of the molecule is CCC1CN(C=CC(=O)O)CCN1C. The Morgan fingerprint density at radius 1 is 1.57 bits per heavy atom. The summed E-state index contributed by atoms with van der Waals surface area (Å²) in [7, 11) is 2.12. The first-order valence-corrected chi connectivity index (χ1v) is 4.99. The van der Waals surface area contributed by atoms with E-state index in [4.69, 9.17) is 5.11 Å². The molecule has 1 heterocycles. The first-order chi connectivity index (χ1) is 6.63. The summed E-state index contributed by atoms with van der Waals surface area (Å²) >= 11 is 0. The second kappa shape index (κ2) is 5.00. The lowest BCUT2D eigenvalue weighted by Gasteiger charge is -2.38. The summed E-state index contributed by atoms with van der Waals surface area (Å²) in [5.41, 5.74) is 0. The molecular formula is C10H18N2O2. The number of piperazine rings is 1. The number of aliphatic carboxylic acids is 1. The van der Waals surface area contributed by atoms with Crippen molar-refractivity contribution >= 4 is 5.97 Å². The van der Waals surface area contributed by atoms with Gasteiger partial charge in [0.1, 0.15) is 0 Å². The molecule has 0 bridgehead atoms. The number of hydrogen-bond donors (Lipinski definition) is 1. The third-order valence-electron chi connectivity index (χ3n) is 2.71. The summed E-state index contributed by atoms with van der Waals surface area (Å²) in [4.78, 5) is 14.7. The van der Waals surface area contributed by atoms with Gasteiger partial charge in [-0.15, -0.1) is 0 Å². The minimum absolute atomic E-state index is 0.544. The molecule has 1 unspecified atom stereocenters. The summed E-state index contributed by atoms with van der Waals surface area (Å²) in [6.07, 6.45) is 3.99. The third kappa shape index (κ3) is 3.03. The van der Waals surface area contributed by atoms with Crippen LogP contribution in [0.5, 0.6) is 0 Å². The standard InChI is InChI=1S/C10H18N2O2/c1-3-9-8-12(5-4-10(13)14)7-6-11(9)2/h4-5,9H,3,6-8H2,1-2H3,(H,13,14). The van der Waals surface area contributed by atoms with Gasteiger partial charge in [0.2, 0.25) is 0 Å². The molecule has 0 radical (unpaired) electrons. The molecule has 1 aliphatic heterocycles. The monoisotopic (exact) mass is 198 g/mol. The number of hydrogen-bond acceptors (Lipinski definition) is 3. The van der Waals surface area contributed by atoms with Crippen molar-refractivity contribution in [2.24, 2.45) is 0 Å². The molecule has 4 heteroatoms. The van der Waals surface area contributed by atoms with Gasteiger partial charge in [0.15, 0.2) is 0 Å². The van der Waals surface area contributed by atoms with Gasteiger partial charge in [0, 0.05) is 38.0 Å². The zero-order valence-electron chi connectivity index (χ0n) is 8.81. The highest BCUT2D eigenvalue weighted by Crippen LogP contribution is 2.10. The number of likely N-dealkylation sites (N-methyl/N-ethyl adjacent to an activating group) is 1. The molecule has 1 rings (SSSR count). The Kier molecular flexibility index (Phi) is 3.95. The number of nitrogens with zero attached hydrogens (tertiary/aromatic N) is 2. The van der Waals surface area contributed by atoms with Crippen molar-refractivity contribution < 1.29 is 9.90 Å². The maximum Gasteiger partial charge on any atom is 0.329 e. The minimum atomic E-state index is -0.878. The molecule has 0 aliphatic carbocycles. The maximum atomic E-state index is 10.3. The van der Waals surface area contributed by atoms with E-state index in [0.717, 1.165) is 26.1 Å². The van der Waals surface area contributed by atoms with Gasteiger partial charge < -0.3 is 10.0 Å². The van der Waals surface area contributed by atoms with Crippen LogP contribution in [-0.4, -0.2) is 53.6 Å². The summed E-state index contributed by atoms with van der Waals surface area (Å²) in [6, 6.07) is 0.544. The van der Waals surface area contributed by atoms with Gasteiger partial charge in [0.25, 0.3) is 0 Å². The van der Waals surface area contributed by atoms with Crippen molar-refractivity contribution in [2.75, 3.05) is 26.7 Å². The first kappa shape index (κ1) is 11.0. The quantitative estimate of drug-likeness (QED) is 0.675. The zero-order valence-corrected chi connectivity index (χ0v) is 8.81. The Morgan fingerprint density at radius 2 is 2.29 bits per heavy atom. The smallest absolute Gasteiger partial charge is 0.329 e. The first-order valence-electron chi connectivity index (χ1n) is 4.99. The molecule has 0 aromatic heterocycles. The van der Waals surface area contributed by atoms with E-state index in [0.29, 0.717) is 6.04 Å². The fraction of sp³-hybridized carbons (Fsp3) is 0.700. The average Bonchev–Trinajstić information content (AvgIpc) is 2.16. The van der Waals surface area contributed by atoms with Crippen molar-refractivity contribution in [2.45, 2.75) is 19.4 Å². The molecule has 80 valence electrons. The van der Waals surface area contributed by atoms with Crippen LogP contribution < -0.4 is 0 Å². The lowest BCUT2D eigenvalue weighted by Crippen LogP contribution is -2.49. The Balaban J connectivity index is 2.46. The van der Waals surface area contributed by atoms with E-state index < -0.39 is 5.97 Å². The average molecular weight is 198 g/mol. The van der Waals surface area contributed by atoms with Gasteiger partial charge in [-0.25, -0.2) is 4.79 Å². The molecule has 1 atom stereocenters. The molecule has 1 fully saturated rings. The zero-order chi connectivity index (χ0) is 10.6. The molecule has 0 saturated carbocycles. The molecule has 0 aromatic rings. The van der Waals surface area contributed by atoms with Crippen molar-refractivity contribution in [3.8, 4) is 0 Å². The fourth-order valence-electron chi connectivity index (χ4n) is 1.72. The van der Waals surface area contributed by atoms with E-state index in [1.807, 2.05) is 0 Å². The van der Waals surface area contributed by atoms with Gasteiger partial charge in [-0.3, -0.25) is 4.90 Å². The largest absolute Gasteiger partial charge is 0.478 e. The Labute approximate surface area is 84.8 Å². The van der Waals surface area contributed by atoms with E-state index >= 15 is 0 Å². The fourth-order valence-corrected chi connectivity index (χ4v) is 1.72. The highest BCUT2D eigenvalue weighted by atomic mass is 16.4. The van der Waals surface area contributed by atoms with Gasteiger partial charge in [-0.2, -0.15) is 0 Å². The summed E-state index contributed by atoms with van der Waals surface area (Å²) in [5, 5.41) is 8.50. The van der Waals surface area contributed by atoms with Crippen molar-refractivity contribution in [1.82, 2.24) is 9.80 Å². The third-order valence-corrected chi connectivity index (χ3v) is 2.71. The highest BCUT2D eigenvalue weighted by molar-refractivity contribution is 5.79. The van der Waals surface area contributed by atoms with E-state index in [2.05, 4.69) is 23.8 Å². The molecule has 0 aromatic carbocycles. The van der Waals surface area contributed by atoms with E-state index in [1.54, 1.807) is 6.20 Å². The van der Waals surface area contributed by atoms with Crippen LogP contribution >= 0.6 is 0 Å². The lowest BCUT2D eigenvalue weighted by molar-refractivity contribution is -0.131. The number of rotatable bonds is 3. The predicted molar refractivity (Wildman–Crippen MR) is 55.1 cm³/mol. The Morgan fingerprint density at radius 3 is 2.86 bits per heavy atom. The summed E-state index contributed by atoms with van der Waals surface area (Å²) < 4.78 is 0. The Hall–Kier alpha value is -1.03. The maximum absolute atomic E-state index is 10.3. The van der Waals surface area contributed by atoms with Crippen LogP contribution in [0, 0.1) is 0 Å². The second-order valence-corrected chi connectivity index (χ2v) is 3.69. The number of carboxylic acids is 1. The highest BCUT2D eigenvalue weighted by Gasteiger charge is 2.20. The van der Waals surface area contributed by atoms with Crippen LogP contribution in [-0.2, 0) is 4.79 Å². The second-order valence-electron chi connectivity index (χ2n) is 3.69.